The van der Waals surface area contributed by atoms with Crippen molar-refractivity contribution in [3.63, 3.8) is 0 Å². The van der Waals surface area contributed by atoms with E-state index in [2.05, 4.69) is 0 Å². The highest BCUT2D eigenvalue weighted by Gasteiger charge is 2.29. The number of benzene rings is 2. The minimum Gasteiger partial charge on any atom is -0.482 e. The van der Waals surface area contributed by atoms with Crippen LogP contribution >= 0.6 is 11.6 Å². The van der Waals surface area contributed by atoms with Crippen LogP contribution < -0.4 is 14.2 Å². The van der Waals surface area contributed by atoms with E-state index >= 15 is 0 Å². The van der Waals surface area contributed by atoms with E-state index < -0.39 is 5.97 Å². The van der Waals surface area contributed by atoms with Crippen molar-refractivity contribution in [1.29, 1.82) is 0 Å². The van der Waals surface area contributed by atoms with Gasteiger partial charge < -0.3 is 23.7 Å². The Balaban J connectivity index is 1.57. The first-order valence-corrected chi connectivity index (χ1v) is 9.32. The lowest BCUT2D eigenvalue weighted by Gasteiger charge is -2.20. The first-order valence-electron chi connectivity index (χ1n) is 8.95. The summed E-state index contributed by atoms with van der Waals surface area (Å²) in [4.78, 5) is 24.1. The molecule has 0 saturated heterocycles. The van der Waals surface area contributed by atoms with Crippen LogP contribution in [0.3, 0.4) is 0 Å². The number of rotatable bonds is 5. The van der Waals surface area contributed by atoms with Gasteiger partial charge in [0.05, 0.1) is 18.8 Å². The van der Waals surface area contributed by atoms with Crippen molar-refractivity contribution in [1.82, 2.24) is 0 Å². The zero-order valence-corrected chi connectivity index (χ0v) is 16.3. The summed E-state index contributed by atoms with van der Waals surface area (Å²) in [5, 5.41) is 0.502. The Hall–Kier alpha value is -3.03. The summed E-state index contributed by atoms with van der Waals surface area (Å²) < 4.78 is 26.8. The first kappa shape index (κ1) is 19.3. The van der Waals surface area contributed by atoms with Crippen molar-refractivity contribution in [3.05, 3.63) is 57.8 Å². The number of ketones is 1. The molecule has 0 atom stereocenters. The smallest absolute Gasteiger partial charge is 0.344 e. The van der Waals surface area contributed by atoms with E-state index in [0.29, 0.717) is 40.0 Å². The highest BCUT2D eigenvalue weighted by molar-refractivity contribution is 6.31. The van der Waals surface area contributed by atoms with Gasteiger partial charge in [-0.2, -0.15) is 0 Å². The topological polar surface area (TPSA) is 80.3 Å². The van der Waals surface area contributed by atoms with Gasteiger partial charge in [-0.25, -0.2) is 4.79 Å². The van der Waals surface area contributed by atoms with E-state index in [0.717, 1.165) is 5.56 Å². The molecular formula is C21H17ClO7. The number of ether oxygens (including phenoxy) is 5. The highest BCUT2D eigenvalue weighted by atomic mass is 35.5. The van der Waals surface area contributed by atoms with Gasteiger partial charge >= 0.3 is 5.97 Å². The highest BCUT2D eigenvalue weighted by Crippen LogP contribution is 2.38. The van der Waals surface area contributed by atoms with Crippen molar-refractivity contribution >= 4 is 29.4 Å². The van der Waals surface area contributed by atoms with Gasteiger partial charge in [-0.1, -0.05) is 11.6 Å². The average Bonchev–Trinajstić information content (AvgIpc) is 3.01. The Labute approximate surface area is 171 Å². The maximum atomic E-state index is 12.7. The van der Waals surface area contributed by atoms with Crippen molar-refractivity contribution in [2.24, 2.45) is 0 Å². The molecule has 0 unspecified atom stereocenters. The van der Waals surface area contributed by atoms with E-state index in [1.54, 1.807) is 43.3 Å². The van der Waals surface area contributed by atoms with E-state index in [-0.39, 0.29) is 31.5 Å². The number of carbonyl (C=O) groups is 2. The summed E-state index contributed by atoms with van der Waals surface area (Å²) in [6, 6.07) is 8.22. The maximum Gasteiger partial charge on any atom is 0.344 e. The molecule has 0 radical (unpaired) electrons. The molecule has 2 aliphatic heterocycles. The lowest BCUT2D eigenvalue weighted by molar-refractivity contribution is -0.145. The molecular weight excluding hydrogens is 400 g/mol. The third-order valence-corrected chi connectivity index (χ3v) is 4.51. The molecule has 0 fully saturated rings. The number of esters is 1. The number of fused-ring (bicyclic) bond motifs is 2. The fraction of sp³-hybridized carbons (Fsp3) is 0.238. The summed E-state index contributed by atoms with van der Waals surface area (Å²) in [5.74, 6) is 0.758. The number of hydrogen-bond acceptors (Lipinski definition) is 7. The Morgan fingerprint density at radius 1 is 1.28 bits per heavy atom. The number of hydrogen-bond donors (Lipinski definition) is 0. The largest absolute Gasteiger partial charge is 0.482 e. The second-order valence-corrected chi connectivity index (χ2v) is 6.72. The fourth-order valence-corrected chi connectivity index (χ4v) is 3.31. The van der Waals surface area contributed by atoms with Crippen LogP contribution in [0.4, 0.5) is 0 Å². The Morgan fingerprint density at radius 2 is 2.14 bits per heavy atom. The lowest BCUT2D eigenvalue weighted by Crippen LogP contribution is -2.14. The fourth-order valence-electron chi connectivity index (χ4n) is 3.06. The standard InChI is InChI=1S/C21H17ClO7/c1-2-26-19(23)10-27-15-3-4-16-17(8-15)29-18(20(16)24)7-12-5-14(22)6-13-9-25-11-28-21(12)13/h3-8H,2,9-11H2,1H3/b18-7-. The monoisotopic (exact) mass is 416 g/mol. The minimum absolute atomic E-state index is 0.126. The Bertz CT molecular complexity index is 1010. The Morgan fingerprint density at radius 3 is 2.97 bits per heavy atom. The molecule has 4 rings (SSSR count). The van der Waals surface area contributed by atoms with Crippen LogP contribution in [-0.2, 0) is 20.9 Å². The number of allylic oxidation sites excluding steroid dienone is 1. The zero-order chi connectivity index (χ0) is 20.4. The van der Waals surface area contributed by atoms with Crippen LogP contribution in [0, 0.1) is 0 Å². The summed E-state index contributed by atoms with van der Waals surface area (Å²) in [6.07, 6.45) is 1.59. The van der Waals surface area contributed by atoms with Gasteiger partial charge in [-0.3, -0.25) is 4.79 Å². The Kier molecular flexibility index (Phi) is 5.42. The molecule has 2 aliphatic rings. The predicted molar refractivity (Wildman–Crippen MR) is 103 cm³/mol. The summed E-state index contributed by atoms with van der Waals surface area (Å²) in [6.45, 7) is 2.28. The van der Waals surface area contributed by atoms with E-state index in [1.165, 1.54) is 0 Å². The molecule has 150 valence electrons. The van der Waals surface area contributed by atoms with Crippen molar-refractivity contribution in [3.8, 4) is 17.2 Å². The molecule has 0 bridgehead atoms. The number of halogens is 1. The maximum absolute atomic E-state index is 12.7. The first-order chi connectivity index (χ1) is 14.0. The van der Waals surface area contributed by atoms with Gasteiger partial charge in [0.15, 0.2) is 19.2 Å². The lowest BCUT2D eigenvalue weighted by atomic mass is 10.1. The minimum atomic E-state index is -0.472. The molecule has 0 aromatic heterocycles. The van der Waals surface area contributed by atoms with Crippen LogP contribution in [-0.4, -0.2) is 31.8 Å². The summed E-state index contributed by atoms with van der Waals surface area (Å²) >= 11 is 6.18. The second-order valence-electron chi connectivity index (χ2n) is 6.29. The van der Waals surface area contributed by atoms with Crippen LogP contribution in [0.2, 0.25) is 5.02 Å². The van der Waals surface area contributed by atoms with E-state index in [9.17, 15) is 9.59 Å². The zero-order valence-electron chi connectivity index (χ0n) is 15.5. The molecule has 8 heteroatoms. The molecule has 0 aliphatic carbocycles. The van der Waals surface area contributed by atoms with Crippen molar-refractivity contribution in [2.75, 3.05) is 20.0 Å². The number of carbonyl (C=O) groups excluding carboxylic acids is 2. The van der Waals surface area contributed by atoms with Gasteiger partial charge in [0, 0.05) is 22.2 Å². The van der Waals surface area contributed by atoms with Gasteiger partial charge in [-0.05, 0) is 37.3 Å². The molecule has 0 spiro atoms. The molecule has 0 saturated carbocycles. The van der Waals surface area contributed by atoms with Gasteiger partial charge in [0.2, 0.25) is 5.78 Å². The predicted octanol–water partition coefficient (Wildman–Crippen LogP) is 3.76. The molecule has 0 N–H and O–H groups in total. The van der Waals surface area contributed by atoms with E-state index in [1.807, 2.05) is 0 Å². The average molecular weight is 417 g/mol. The van der Waals surface area contributed by atoms with Gasteiger partial charge in [-0.15, -0.1) is 0 Å². The number of Topliss-reactive ketones (excluding diaryl/α,β-unsaturated/α-hetero) is 1. The normalized spacial score (nSPS) is 15.9. The molecule has 29 heavy (non-hydrogen) atoms. The second kappa shape index (κ2) is 8.14. The van der Waals surface area contributed by atoms with Gasteiger partial charge in [0.25, 0.3) is 0 Å². The third kappa shape index (κ3) is 4.06. The molecule has 2 aromatic rings. The van der Waals surface area contributed by atoms with Crippen molar-refractivity contribution < 1.29 is 33.3 Å². The SMILES string of the molecule is CCOC(=O)COc1ccc2c(c1)O/C(=C\c1cc(Cl)cc3c1OCOC3)C2=O. The molecule has 0 amide bonds. The van der Waals surface area contributed by atoms with Crippen LogP contribution in [0.25, 0.3) is 6.08 Å². The van der Waals surface area contributed by atoms with E-state index in [4.69, 9.17) is 35.3 Å². The van der Waals surface area contributed by atoms with Crippen LogP contribution in [0.5, 0.6) is 17.2 Å². The molecule has 7 nitrogen and oxygen atoms in total. The molecule has 2 heterocycles. The quantitative estimate of drug-likeness (QED) is 0.542. The van der Waals surface area contributed by atoms with Crippen molar-refractivity contribution in [2.45, 2.75) is 13.5 Å². The molecule has 2 aromatic carbocycles. The third-order valence-electron chi connectivity index (χ3n) is 4.29. The summed E-state index contributed by atoms with van der Waals surface area (Å²) in [5.41, 5.74) is 1.83. The summed E-state index contributed by atoms with van der Waals surface area (Å²) in [7, 11) is 0. The van der Waals surface area contributed by atoms with Crippen LogP contribution in [0.15, 0.2) is 36.1 Å². The van der Waals surface area contributed by atoms with Crippen LogP contribution in [0.1, 0.15) is 28.4 Å². The van der Waals surface area contributed by atoms with Gasteiger partial charge in [0.1, 0.15) is 17.2 Å².